The normalized spacial score (nSPS) is 18.2. The average molecular weight is 718 g/mol. The number of carbonyl (C=O) groups excluding carboxylic acids is 2. The van der Waals surface area contributed by atoms with E-state index >= 15 is 0 Å². The van der Waals surface area contributed by atoms with Gasteiger partial charge in [0.2, 0.25) is 5.91 Å². The summed E-state index contributed by atoms with van der Waals surface area (Å²) >= 11 is 0. The first-order valence-corrected chi connectivity index (χ1v) is 18.2. The molecule has 0 aliphatic carbocycles. The summed E-state index contributed by atoms with van der Waals surface area (Å²) in [7, 11) is -4.10. The van der Waals surface area contributed by atoms with Crippen molar-refractivity contribution in [3.8, 4) is 11.1 Å². The molecule has 2 aromatic carbocycles. The highest BCUT2D eigenvalue weighted by atomic mass is 32.2. The predicted octanol–water partition coefficient (Wildman–Crippen LogP) is 6.54. The molecule has 270 valence electrons. The molecule has 1 atom stereocenters. The maximum atomic E-state index is 14.1. The second-order valence-electron chi connectivity index (χ2n) is 12.7. The standard InChI is InChI=1S/C35H42F3N5O6S/c1-5-7-13-30-39-34(16-10-17-42(22-34)31(44)19-35(36,37)38)33(45)43(30)20-25-14-15-27(26(18-25)21-48-6-2)28-11-8-9-12-29(28)50(46,47)41-32-23(3)24(4)49-40-32/h8-9,11-12,14-15,18H,5-7,10,13,16-17,19-22H2,1-4H3,(H,40,41)/t34-/m1/s1. The van der Waals surface area contributed by atoms with Crippen LogP contribution in [0.3, 0.4) is 0 Å². The highest BCUT2D eigenvalue weighted by Gasteiger charge is 2.51. The number of ether oxygens (including phenoxy) is 1. The molecule has 0 radical (unpaired) electrons. The fraction of sp³-hybridized carbons (Fsp3) is 0.486. The van der Waals surface area contributed by atoms with Crippen molar-refractivity contribution in [3.05, 3.63) is 64.9 Å². The molecule has 2 amide bonds. The molecule has 1 spiro atoms. The summed E-state index contributed by atoms with van der Waals surface area (Å²) in [4.78, 5) is 34.2. The summed E-state index contributed by atoms with van der Waals surface area (Å²) in [5, 5.41) is 3.84. The number of halogens is 3. The summed E-state index contributed by atoms with van der Waals surface area (Å²) in [6.45, 7) is 7.88. The summed E-state index contributed by atoms with van der Waals surface area (Å²) in [6, 6.07) is 12.0. The molecule has 0 bridgehead atoms. The lowest BCUT2D eigenvalue weighted by atomic mass is 9.88. The maximum absolute atomic E-state index is 14.1. The number of nitrogens with zero attached hydrogens (tertiary/aromatic N) is 4. The van der Waals surface area contributed by atoms with Gasteiger partial charge in [-0.1, -0.05) is 54.9 Å². The molecule has 1 saturated heterocycles. The van der Waals surface area contributed by atoms with E-state index in [1.165, 1.54) is 6.07 Å². The van der Waals surface area contributed by atoms with Gasteiger partial charge in [0.1, 0.15) is 18.0 Å². The third kappa shape index (κ3) is 8.04. The van der Waals surface area contributed by atoms with Crippen LogP contribution in [0.15, 0.2) is 56.9 Å². The largest absolute Gasteiger partial charge is 0.397 e. The Morgan fingerprint density at radius 2 is 1.88 bits per heavy atom. The zero-order valence-corrected chi connectivity index (χ0v) is 29.4. The Balaban J connectivity index is 1.46. The smallest absolute Gasteiger partial charge is 0.377 e. The summed E-state index contributed by atoms with van der Waals surface area (Å²) in [5.41, 5.74) is 1.71. The molecule has 0 unspecified atom stereocenters. The molecule has 50 heavy (non-hydrogen) atoms. The fourth-order valence-corrected chi connectivity index (χ4v) is 7.63. The summed E-state index contributed by atoms with van der Waals surface area (Å²) in [5.74, 6) is -0.274. The summed E-state index contributed by atoms with van der Waals surface area (Å²) in [6.07, 6.45) is -3.47. The first kappa shape index (κ1) is 37.0. The van der Waals surface area contributed by atoms with Crippen LogP contribution in [0.1, 0.15) is 74.8 Å². The van der Waals surface area contributed by atoms with Gasteiger partial charge >= 0.3 is 6.18 Å². The zero-order chi connectivity index (χ0) is 36.3. The van der Waals surface area contributed by atoms with Crippen LogP contribution in [0.4, 0.5) is 19.0 Å². The van der Waals surface area contributed by atoms with Gasteiger partial charge in [-0.15, -0.1) is 0 Å². The van der Waals surface area contributed by atoms with Crippen LogP contribution >= 0.6 is 0 Å². The van der Waals surface area contributed by atoms with Crippen LogP contribution in [0.25, 0.3) is 11.1 Å². The Bertz CT molecular complexity index is 1880. The molecule has 0 saturated carbocycles. The fourth-order valence-electron chi connectivity index (χ4n) is 6.35. The monoisotopic (exact) mass is 717 g/mol. The van der Waals surface area contributed by atoms with E-state index in [2.05, 4.69) is 9.88 Å². The lowest BCUT2D eigenvalue weighted by Gasteiger charge is -2.37. The van der Waals surface area contributed by atoms with Crippen LogP contribution in [0.5, 0.6) is 0 Å². The number of likely N-dealkylation sites (tertiary alicyclic amines) is 1. The van der Waals surface area contributed by atoms with Crippen LogP contribution < -0.4 is 4.72 Å². The molecule has 2 aliphatic rings. The minimum absolute atomic E-state index is 0.0260. The second kappa shape index (κ2) is 14.9. The van der Waals surface area contributed by atoms with E-state index in [1.807, 2.05) is 26.0 Å². The predicted molar refractivity (Wildman–Crippen MR) is 181 cm³/mol. The highest BCUT2D eigenvalue weighted by Crippen LogP contribution is 2.37. The Labute approximate surface area is 289 Å². The number of hydrogen-bond acceptors (Lipinski definition) is 8. The minimum atomic E-state index is -4.65. The molecule has 3 heterocycles. The number of rotatable bonds is 13. The van der Waals surface area contributed by atoms with Gasteiger partial charge in [-0.2, -0.15) is 13.2 Å². The van der Waals surface area contributed by atoms with Gasteiger partial charge in [0, 0.05) is 30.7 Å². The van der Waals surface area contributed by atoms with E-state index in [4.69, 9.17) is 14.3 Å². The number of aliphatic imine (C=N–C) groups is 1. The van der Waals surface area contributed by atoms with Crippen molar-refractivity contribution >= 4 is 33.5 Å². The van der Waals surface area contributed by atoms with Gasteiger partial charge in [0.05, 0.1) is 24.6 Å². The first-order chi connectivity index (χ1) is 23.7. The number of piperidine rings is 1. The molecule has 11 nitrogen and oxygen atoms in total. The second-order valence-corrected chi connectivity index (χ2v) is 14.4. The average Bonchev–Trinajstić information content (AvgIpc) is 3.51. The van der Waals surface area contributed by atoms with Gasteiger partial charge in [-0.3, -0.25) is 24.2 Å². The molecule has 1 fully saturated rings. The number of carbonyl (C=O) groups is 2. The molecule has 3 aromatic rings. The molecular weight excluding hydrogens is 675 g/mol. The number of nitrogens with one attached hydrogen (secondary N) is 1. The number of hydrogen-bond donors (Lipinski definition) is 1. The molecular formula is C35H42F3N5O6S. The Kier molecular flexibility index (Phi) is 11.1. The molecule has 2 aliphatic heterocycles. The number of amides is 2. The highest BCUT2D eigenvalue weighted by molar-refractivity contribution is 7.92. The van der Waals surface area contributed by atoms with Gasteiger partial charge in [0.25, 0.3) is 15.9 Å². The maximum Gasteiger partial charge on any atom is 0.397 e. The third-order valence-corrected chi connectivity index (χ3v) is 10.5. The van der Waals surface area contributed by atoms with Crippen LogP contribution in [0, 0.1) is 13.8 Å². The molecule has 1 aromatic heterocycles. The lowest BCUT2D eigenvalue weighted by molar-refractivity contribution is -0.163. The van der Waals surface area contributed by atoms with Crippen LogP contribution in [0.2, 0.25) is 0 Å². The van der Waals surface area contributed by atoms with Crippen LogP contribution in [-0.2, 0) is 37.5 Å². The van der Waals surface area contributed by atoms with Gasteiger partial charge in [-0.05, 0) is 62.8 Å². The van der Waals surface area contributed by atoms with Crippen molar-refractivity contribution in [1.29, 1.82) is 0 Å². The topological polar surface area (TPSA) is 134 Å². The van der Waals surface area contributed by atoms with E-state index in [-0.39, 0.29) is 42.9 Å². The molecule has 15 heteroatoms. The Morgan fingerprint density at radius 3 is 2.56 bits per heavy atom. The number of benzene rings is 2. The number of aromatic nitrogens is 1. The Morgan fingerprint density at radius 1 is 1.12 bits per heavy atom. The van der Waals surface area contributed by atoms with E-state index in [0.717, 1.165) is 23.3 Å². The van der Waals surface area contributed by atoms with E-state index in [9.17, 15) is 31.2 Å². The number of amidine groups is 1. The number of alkyl halides is 3. The number of aryl methyl sites for hydroxylation is 1. The van der Waals surface area contributed by atoms with E-state index in [1.54, 1.807) is 43.0 Å². The van der Waals surface area contributed by atoms with Gasteiger partial charge in [0.15, 0.2) is 11.4 Å². The van der Waals surface area contributed by atoms with Crippen molar-refractivity contribution in [2.45, 2.75) is 96.0 Å². The lowest BCUT2D eigenvalue weighted by Crippen LogP contribution is -2.55. The summed E-state index contributed by atoms with van der Waals surface area (Å²) < 4.78 is 79.9. The van der Waals surface area contributed by atoms with Crippen LogP contribution in [-0.4, -0.2) is 72.4 Å². The quantitative estimate of drug-likeness (QED) is 0.212. The van der Waals surface area contributed by atoms with Gasteiger partial charge < -0.3 is 14.2 Å². The van der Waals surface area contributed by atoms with Crippen molar-refractivity contribution < 1.29 is 40.4 Å². The first-order valence-electron chi connectivity index (χ1n) is 16.7. The van der Waals surface area contributed by atoms with Crippen molar-refractivity contribution in [2.75, 3.05) is 24.4 Å². The SMILES string of the molecule is CCCCC1=N[C@@]2(CCCN(C(=O)CC(F)(F)F)C2)C(=O)N1Cc1ccc(-c2ccccc2S(=O)(=O)Nc2noc(C)c2C)c(COCC)c1. The van der Waals surface area contributed by atoms with Gasteiger partial charge in [-0.25, -0.2) is 8.42 Å². The van der Waals surface area contributed by atoms with Crippen molar-refractivity contribution in [1.82, 2.24) is 15.0 Å². The number of anilines is 1. The van der Waals surface area contributed by atoms with Crippen molar-refractivity contribution in [2.24, 2.45) is 4.99 Å². The minimum Gasteiger partial charge on any atom is -0.377 e. The Hall–Kier alpha value is -4.24. The third-order valence-electron chi connectivity index (χ3n) is 9.05. The number of unbranched alkanes of at least 4 members (excludes halogenated alkanes) is 1. The molecule has 1 N–H and O–H groups in total. The van der Waals surface area contributed by atoms with E-state index in [0.29, 0.717) is 59.7 Å². The zero-order valence-electron chi connectivity index (χ0n) is 28.6. The van der Waals surface area contributed by atoms with E-state index < -0.39 is 34.1 Å². The molecule has 5 rings (SSSR count). The number of sulfonamides is 1. The van der Waals surface area contributed by atoms with Crippen molar-refractivity contribution in [3.63, 3.8) is 0 Å².